The summed E-state index contributed by atoms with van der Waals surface area (Å²) in [4.78, 5) is 13.9. The molecule has 4 rings (SSSR count). The van der Waals surface area contributed by atoms with Gasteiger partial charge in [-0.1, -0.05) is 18.2 Å². The van der Waals surface area contributed by atoms with Gasteiger partial charge in [0.2, 0.25) is 0 Å². The molecule has 1 aromatic heterocycles. The topological polar surface area (TPSA) is 62.2 Å². The fourth-order valence-corrected chi connectivity index (χ4v) is 3.76. The van der Waals surface area contributed by atoms with E-state index in [-0.39, 0.29) is 28.9 Å². The van der Waals surface area contributed by atoms with E-state index < -0.39 is 0 Å². The number of hydrogen-bond donors (Lipinski definition) is 1. The Bertz CT molecular complexity index is 826. The Morgan fingerprint density at radius 1 is 1.09 bits per heavy atom. The summed E-state index contributed by atoms with van der Waals surface area (Å²) in [6.45, 7) is 6.65. The van der Waals surface area contributed by atoms with Crippen LogP contribution in [0.5, 0.6) is 0 Å². The molecule has 174 valence electrons. The molecule has 3 heterocycles. The van der Waals surface area contributed by atoms with Crippen molar-refractivity contribution in [1.29, 1.82) is 0 Å². The predicted octanol–water partition coefficient (Wildman–Crippen LogP) is 2.52. The molecule has 7 nitrogen and oxygen atoms in total. The fourth-order valence-electron chi connectivity index (χ4n) is 3.76. The van der Waals surface area contributed by atoms with E-state index in [1.54, 1.807) is 0 Å². The van der Waals surface area contributed by atoms with Gasteiger partial charge < -0.3 is 24.6 Å². The number of hydrogen-bond acceptors (Lipinski definition) is 5. The van der Waals surface area contributed by atoms with Gasteiger partial charge in [-0.2, -0.15) is 0 Å². The van der Waals surface area contributed by atoms with Gasteiger partial charge in [0.25, 0.3) is 0 Å². The number of ether oxygens (including phenoxy) is 2. The number of nitrogens with one attached hydrogen (secondary N) is 1. The standard InChI is InChI=1S/C23H30FN5O2.BrH/c24-20-6-4-19(5-7-20)8-10-26-23(27-17-21-18-30-15-16-31-21)29-13-11-28(12-14-29)22-3-1-2-9-25-22;/h1-7,9,21H,8,10-18H2,(H,26,27);1H. The van der Waals surface area contributed by atoms with Crippen molar-refractivity contribution in [1.82, 2.24) is 15.2 Å². The fraction of sp³-hybridized carbons (Fsp3) is 0.478. The van der Waals surface area contributed by atoms with Gasteiger partial charge in [-0.15, -0.1) is 17.0 Å². The van der Waals surface area contributed by atoms with Crippen LogP contribution < -0.4 is 10.2 Å². The van der Waals surface area contributed by atoms with Crippen LogP contribution in [0.3, 0.4) is 0 Å². The van der Waals surface area contributed by atoms with Crippen LogP contribution in [0.25, 0.3) is 0 Å². The van der Waals surface area contributed by atoms with Gasteiger partial charge >= 0.3 is 0 Å². The Morgan fingerprint density at radius 2 is 1.91 bits per heavy atom. The number of guanidine groups is 1. The van der Waals surface area contributed by atoms with Crippen LogP contribution in [0.1, 0.15) is 5.56 Å². The van der Waals surface area contributed by atoms with Gasteiger partial charge in [-0.3, -0.25) is 4.99 Å². The van der Waals surface area contributed by atoms with Crippen LogP contribution in [0.15, 0.2) is 53.7 Å². The van der Waals surface area contributed by atoms with Crippen molar-refractivity contribution in [3.8, 4) is 0 Å². The van der Waals surface area contributed by atoms with Crippen molar-refractivity contribution in [2.24, 2.45) is 4.99 Å². The molecular weight excluding hydrogens is 477 g/mol. The van der Waals surface area contributed by atoms with Gasteiger partial charge in [-0.05, 0) is 36.2 Å². The highest BCUT2D eigenvalue weighted by Crippen LogP contribution is 2.13. The van der Waals surface area contributed by atoms with E-state index in [0.717, 1.165) is 56.5 Å². The number of rotatable bonds is 6. The molecule has 2 aromatic rings. The third-order valence-electron chi connectivity index (χ3n) is 5.49. The van der Waals surface area contributed by atoms with E-state index in [4.69, 9.17) is 14.5 Å². The molecule has 1 atom stereocenters. The summed E-state index contributed by atoms with van der Waals surface area (Å²) in [5.41, 5.74) is 1.09. The smallest absolute Gasteiger partial charge is 0.194 e. The average molecular weight is 508 g/mol. The highest BCUT2D eigenvalue weighted by molar-refractivity contribution is 8.93. The number of nitrogens with zero attached hydrogens (tertiary/aromatic N) is 4. The first-order valence-electron chi connectivity index (χ1n) is 10.9. The highest BCUT2D eigenvalue weighted by atomic mass is 79.9. The van der Waals surface area contributed by atoms with E-state index >= 15 is 0 Å². The van der Waals surface area contributed by atoms with E-state index in [1.807, 2.05) is 36.5 Å². The highest BCUT2D eigenvalue weighted by Gasteiger charge is 2.21. The lowest BCUT2D eigenvalue weighted by Gasteiger charge is -2.37. The molecule has 9 heteroatoms. The molecule has 32 heavy (non-hydrogen) atoms. The third kappa shape index (κ3) is 7.15. The minimum Gasteiger partial charge on any atom is -0.376 e. The molecule has 0 radical (unpaired) electrons. The van der Waals surface area contributed by atoms with Gasteiger partial charge in [-0.25, -0.2) is 9.37 Å². The molecule has 1 unspecified atom stereocenters. The maximum atomic E-state index is 13.1. The third-order valence-corrected chi connectivity index (χ3v) is 5.49. The van der Waals surface area contributed by atoms with E-state index in [9.17, 15) is 4.39 Å². The number of aliphatic imine (C=N–C) groups is 1. The first-order valence-corrected chi connectivity index (χ1v) is 10.9. The molecule has 2 aliphatic heterocycles. The average Bonchev–Trinajstić information content (AvgIpc) is 2.84. The summed E-state index contributed by atoms with van der Waals surface area (Å²) in [7, 11) is 0. The van der Waals surface area contributed by atoms with Crippen molar-refractivity contribution in [3.63, 3.8) is 0 Å². The lowest BCUT2D eigenvalue weighted by Crippen LogP contribution is -2.53. The summed E-state index contributed by atoms with van der Waals surface area (Å²) in [6.07, 6.45) is 2.63. The maximum Gasteiger partial charge on any atom is 0.194 e. The zero-order valence-corrected chi connectivity index (χ0v) is 19.9. The van der Waals surface area contributed by atoms with Crippen LogP contribution >= 0.6 is 17.0 Å². The Labute approximate surface area is 199 Å². The van der Waals surface area contributed by atoms with E-state index in [2.05, 4.69) is 20.1 Å². The Hall–Kier alpha value is -2.23. The first kappa shape index (κ1) is 24.4. The number of benzene rings is 1. The maximum absolute atomic E-state index is 13.1. The molecule has 0 saturated carbocycles. The second-order valence-corrected chi connectivity index (χ2v) is 7.70. The van der Waals surface area contributed by atoms with Crippen molar-refractivity contribution in [3.05, 3.63) is 60.0 Å². The summed E-state index contributed by atoms with van der Waals surface area (Å²) in [5.74, 6) is 1.69. The lowest BCUT2D eigenvalue weighted by atomic mass is 10.1. The summed E-state index contributed by atoms with van der Waals surface area (Å²) >= 11 is 0. The van der Waals surface area contributed by atoms with Crippen molar-refractivity contribution < 1.29 is 13.9 Å². The molecule has 2 aliphatic rings. The Balaban J connectivity index is 0.00000289. The van der Waals surface area contributed by atoms with Crippen molar-refractivity contribution >= 4 is 28.8 Å². The molecule has 0 spiro atoms. The summed E-state index contributed by atoms with van der Waals surface area (Å²) in [5, 5.41) is 3.50. The summed E-state index contributed by atoms with van der Waals surface area (Å²) < 4.78 is 24.4. The Morgan fingerprint density at radius 3 is 2.59 bits per heavy atom. The summed E-state index contributed by atoms with van der Waals surface area (Å²) in [6, 6.07) is 12.7. The largest absolute Gasteiger partial charge is 0.376 e. The monoisotopic (exact) mass is 507 g/mol. The number of halogens is 2. The van der Waals surface area contributed by atoms with Gasteiger partial charge in [0.1, 0.15) is 17.7 Å². The first-order chi connectivity index (χ1) is 15.3. The quantitative estimate of drug-likeness (QED) is 0.478. The number of aromatic nitrogens is 1. The lowest BCUT2D eigenvalue weighted by molar-refractivity contribution is -0.0833. The number of anilines is 1. The van der Waals surface area contributed by atoms with Crippen molar-refractivity contribution in [2.75, 3.05) is 64.0 Å². The molecule has 0 amide bonds. The van der Waals surface area contributed by atoms with Crippen LogP contribution in [-0.4, -0.2) is 81.0 Å². The van der Waals surface area contributed by atoms with E-state index in [0.29, 0.717) is 26.4 Å². The van der Waals surface area contributed by atoms with Crippen molar-refractivity contribution in [2.45, 2.75) is 12.5 Å². The Kier molecular flexibility index (Phi) is 9.70. The minimum atomic E-state index is -0.209. The number of pyridine rings is 1. The van der Waals surface area contributed by atoms with Crippen LogP contribution in [0.2, 0.25) is 0 Å². The second kappa shape index (κ2) is 12.7. The molecule has 2 fully saturated rings. The van der Waals surface area contributed by atoms with Gasteiger partial charge in [0, 0.05) is 38.9 Å². The zero-order valence-electron chi connectivity index (χ0n) is 18.2. The molecule has 0 bridgehead atoms. The van der Waals surface area contributed by atoms with Crippen LogP contribution in [-0.2, 0) is 15.9 Å². The second-order valence-electron chi connectivity index (χ2n) is 7.70. The SMILES string of the molecule is Br.Fc1ccc(CCNC(=NCC2COCCO2)N2CCN(c3ccccn3)CC2)cc1. The minimum absolute atomic E-state index is 0. The molecule has 2 saturated heterocycles. The molecule has 1 N–H and O–H groups in total. The van der Waals surface area contributed by atoms with E-state index in [1.165, 1.54) is 12.1 Å². The van der Waals surface area contributed by atoms with Crippen LogP contribution in [0.4, 0.5) is 10.2 Å². The zero-order chi connectivity index (χ0) is 21.3. The predicted molar refractivity (Wildman–Crippen MR) is 129 cm³/mol. The molecular formula is C23H31BrFN5O2. The van der Waals surface area contributed by atoms with Gasteiger partial charge in [0.05, 0.1) is 26.4 Å². The van der Waals surface area contributed by atoms with Crippen LogP contribution in [0, 0.1) is 5.82 Å². The normalized spacial score (nSPS) is 19.4. The molecule has 0 aliphatic carbocycles. The van der Waals surface area contributed by atoms with Gasteiger partial charge in [0.15, 0.2) is 5.96 Å². The molecule has 1 aromatic carbocycles. The number of piperazine rings is 1.